The van der Waals surface area contributed by atoms with Gasteiger partial charge in [0.25, 0.3) is 5.91 Å². The number of hydrogen-bond acceptors (Lipinski definition) is 6. The molecule has 0 aliphatic rings. The first kappa shape index (κ1) is 18.2. The molecule has 0 bridgehead atoms. The summed E-state index contributed by atoms with van der Waals surface area (Å²) in [5.74, 6) is 0.550. The number of nitrogens with one attached hydrogen (secondary N) is 1. The number of methoxy groups -OCH3 is 1. The number of pyridine rings is 1. The average molecular weight is 387 g/mol. The molecule has 0 atom stereocenters. The van der Waals surface area contributed by atoms with Gasteiger partial charge in [0.1, 0.15) is 5.69 Å². The molecule has 2 aromatic carbocycles. The molecule has 2 aromatic heterocycles. The van der Waals surface area contributed by atoms with Crippen LogP contribution in [-0.2, 0) is 0 Å². The summed E-state index contributed by atoms with van der Waals surface area (Å²) in [5, 5.41) is 14.4. The van der Waals surface area contributed by atoms with Gasteiger partial charge in [-0.05, 0) is 48.0 Å². The maximum Gasteiger partial charge on any atom is 0.272 e. The Bertz CT molecular complexity index is 1200. The number of ether oxygens (including phenoxy) is 1. The molecule has 0 fully saturated rings. The lowest BCUT2D eigenvalue weighted by Gasteiger charge is -2.07. The normalized spacial score (nSPS) is 11.1. The lowest BCUT2D eigenvalue weighted by molar-refractivity contribution is 0.0956. The molecule has 0 saturated heterocycles. The SMILES string of the molecule is COc1cc(/C=N/NC(=O)c2cc(-c3ccco3)nc3ccccc23)ccc1O. The van der Waals surface area contributed by atoms with Gasteiger partial charge in [0, 0.05) is 5.39 Å². The van der Waals surface area contributed by atoms with E-state index in [-0.39, 0.29) is 11.7 Å². The van der Waals surface area contributed by atoms with Crippen LogP contribution in [0.2, 0.25) is 0 Å². The van der Waals surface area contributed by atoms with Crippen molar-refractivity contribution in [2.75, 3.05) is 7.11 Å². The summed E-state index contributed by atoms with van der Waals surface area (Å²) >= 11 is 0. The highest BCUT2D eigenvalue weighted by Crippen LogP contribution is 2.26. The number of benzene rings is 2. The van der Waals surface area contributed by atoms with Crippen LogP contribution in [0.5, 0.6) is 11.5 Å². The minimum absolute atomic E-state index is 0.0300. The van der Waals surface area contributed by atoms with E-state index in [9.17, 15) is 9.90 Å². The molecule has 0 radical (unpaired) electrons. The van der Waals surface area contributed by atoms with E-state index in [2.05, 4.69) is 15.5 Å². The number of para-hydroxylation sites is 1. The number of carbonyl (C=O) groups is 1. The van der Waals surface area contributed by atoms with E-state index in [0.717, 1.165) is 0 Å². The summed E-state index contributed by atoms with van der Waals surface area (Å²) in [6, 6.07) is 17.4. The van der Waals surface area contributed by atoms with Crippen LogP contribution in [0.3, 0.4) is 0 Å². The van der Waals surface area contributed by atoms with Gasteiger partial charge in [-0.2, -0.15) is 5.10 Å². The standard InChI is InChI=1S/C22H17N3O4/c1-28-21-11-14(8-9-19(21)26)13-23-25-22(27)16-12-18(20-7-4-10-29-20)24-17-6-3-2-5-15(16)17/h2-13,26H,1H3,(H,25,27)/b23-13+. The van der Waals surface area contributed by atoms with Crippen molar-refractivity contribution in [1.82, 2.24) is 10.4 Å². The highest BCUT2D eigenvalue weighted by molar-refractivity contribution is 6.07. The molecule has 4 aromatic rings. The number of phenols is 1. The molecule has 0 saturated carbocycles. The van der Waals surface area contributed by atoms with E-state index < -0.39 is 0 Å². The summed E-state index contributed by atoms with van der Waals surface area (Å²) in [6.07, 6.45) is 3.03. The molecule has 144 valence electrons. The number of hydrazone groups is 1. The number of aromatic hydroxyl groups is 1. The van der Waals surface area contributed by atoms with Crippen molar-refractivity contribution in [3.63, 3.8) is 0 Å². The maximum absolute atomic E-state index is 12.8. The number of furan rings is 1. The zero-order chi connectivity index (χ0) is 20.2. The highest BCUT2D eigenvalue weighted by atomic mass is 16.5. The van der Waals surface area contributed by atoms with E-state index in [0.29, 0.717) is 39.2 Å². The van der Waals surface area contributed by atoms with Crippen molar-refractivity contribution in [3.8, 4) is 23.0 Å². The Balaban J connectivity index is 1.63. The van der Waals surface area contributed by atoms with Crippen molar-refractivity contribution in [2.45, 2.75) is 0 Å². The molecule has 2 N–H and O–H groups in total. The number of nitrogens with zero attached hydrogens (tertiary/aromatic N) is 2. The second kappa shape index (κ2) is 7.85. The topological polar surface area (TPSA) is 97.0 Å². The quantitative estimate of drug-likeness (QED) is 0.399. The Morgan fingerprint density at radius 1 is 1.17 bits per heavy atom. The van der Waals surface area contributed by atoms with E-state index in [4.69, 9.17) is 9.15 Å². The molecular weight excluding hydrogens is 370 g/mol. The van der Waals surface area contributed by atoms with Gasteiger partial charge in [-0.1, -0.05) is 18.2 Å². The van der Waals surface area contributed by atoms with Crippen molar-refractivity contribution < 1.29 is 19.1 Å². The first-order valence-corrected chi connectivity index (χ1v) is 8.80. The smallest absolute Gasteiger partial charge is 0.272 e. The third kappa shape index (κ3) is 3.79. The van der Waals surface area contributed by atoms with Crippen LogP contribution >= 0.6 is 0 Å². The summed E-state index contributed by atoms with van der Waals surface area (Å²) in [5.41, 5.74) is 4.87. The first-order valence-electron chi connectivity index (χ1n) is 8.80. The van der Waals surface area contributed by atoms with Gasteiger partial charge in [0.2, 0.25) is 0 Å². The molecule has 0 aliphatic heterocycles. The Morgan fingerprint density at radius 3 is 2.83 bits per heavy atom. The Hall–Kier alpha value is -4.13. The zero-order valence-electron chi connectivity index (χ0n) is 15.5. The number of carbonyl (C=O) groups excluding carboxylic acids is 1. The van der Waals surface area contributed by atoms with Gasteiger partial charge < -0.3 is 14.3 Å². The van der Waals surface area contributed by atoms with Crippen LogP contribution in [0.1, 0.15) is 15.9 Å². The monoisotopic (exact) mass is 387 g/mol. The lowest BCUT2D eigenvalue weighted by atomic mass is 10.1. The van der Waals surface area contributed by atoms with Gasteiger partial charge in [-0.3, -0.25) is 4.79 Å². The number of aromatic nitrogens is 1. The van der Waals surface area contributed by atoms with Gasteiger partial charge in [-0.25, -0.2) is 10.4 Å². The van der Waals surface area contributed by atoms with E-state index >= 15 is 0 Å². The number of rotatable bonds is 5. The van der Waals surface area contributed by atoms with Crippen LogP contribution in [0.25, 0.3) is 22.4 Å². The Labute approximate surface area is 166 Å². The molecule has 7 heteroatoms. The van der Waals surface area contributed by atoms with Crippen molar-refractivity contribution in [1.29, 1.82) is 0 Å². The molecule has 7 nitrogen and oxygen atoms in total. The summed E-state index contributed by atoms with van der Waals surface area (Å²) in [6.45, 7) is 0. The van der Waals surface area contributed by atoms with Crippen molar-refractivity contribution >= 4 is 23.0 Å². The minimum atomic E-state index is -0.376. The van der Waals surface area contributed by atoms with Gasteiger partial charge in [0.05, 0.1) is 30.7 Å². The predicted octanol–water partition coefficient (Wildman–Crippen LogP) is 3.97. The minimum Gasteiger partial charge on any atom is -0.504 e. The molecule has 0 aliphatic carbocycles. The van der Waals surface area contributed by atoms with E-state index in [1.54, 1.807) is 36.6 Å². The Morgan fingerprint density at radius 2 is 2.03 bits per heavy atom. The van der Waals surface area contributed by atoms with Crippen LogP contribution in [0, 0.1) is 0 Å². The van der Waals surface area contributed by atoms with E-state index in [1.165, 1.54) is 19.4 Å². The molecular formula is C22H17N3O4. The third-order valence-electron chi connectivity index (χ3n) is 4.32. The Kier molecular flexibility index (Phi) is 4.94. The summed E-state index contributed by atoms with van der Waals surface area (Å²) in [7, 11) is 1.46. The number of hydrogen-bond donors (Lipinski definition) is 2. The third-order valence-corrected chi connectivity index (χ3v) is 4.32. The molecule has 4 rings (SSSR count). The van der Waals surface area contributed by atoms with Gasteiger partial charge in [0.15, 0.2) is 17.3 Å². The van der Waals surface area contributed by atoms with Gasteiger partial charge in [-0.15, -0.1) is 0 Å². The number of amides is 1. The largest absolute Gasteiger partial charge is 0.504 e. The molecule has 2 heterocycles. The fourth-order valence-electron chi connectivity index (χ4n) is 2.91. The van der Waals surface area contributed by atoms with Crippen molar-refractivity contribution in [2.24, 2.45) is 5.10 Å². The van der Waals surface area contributed by atoms with Crippen LogP contribution in [0.4, 0.5) is 0 Å². The molecule has 0 spiro atoms. The lowest BCUT2D eigenvalue weighted by Crippen LogP contribution is -2.18. The molecule has 0 unspecified atom stereocenters. The second-order valence-corrected chi connectivity index (χ2v) is 6.18. The van der Waals surface area contributed by atoms with Gasteiger partial charge >= 0.3 is 0 Å². The van der Waals surface area contributed by atoms with E-state index in [1.807, 2.05) is 24.3 Å². The highest BCUT2D eigenvalue weighted by Gasteiger charge is 2.14. The molecule has 29 heavy (non-hydrogen) atoms. The number of phenolic OH excluding ortho intramolecular Hbond substituents is 1. The average Bonchev–Trinajstić information content (AvgIpc) is 3.29. The molecule has 1 amide bonds. The predicted molar refractivity (Wildman–Crippen MR) is 109 cm³/mol. The zero-order valence-corrected chi connectivity index (χ0v) is 15.5. The maximum atomic E-state index is 12.8. The van der Waals surface area contributed by atoms with Crippen LogP contribution < -0.4 is 10.2 Å². The van der Waals surface area contributed by atoms with Crippen molar-refractivity contribution in [3.05, 3.63) is 78.1 Å². The summed E-state index contributed by atoms with van der Waals surface area (Å²) in [4.78, 5) is 17.4. The fraction of sp³-hybridized carbons (Fsp3) is 0.0455. The second-order valence-electron chi connectivity index (χ2n) is 6.18. The van der Waals surface area contributed by atoms with Crippen LogP contribution in [0.15, 0.2) is 76.4 Å². The summed E-state index contributed by atoms with van der Waals surface area (Å²) < 4.78 is 10.5. The first-order chi connectivity index (χ1) is 14.2. The number of fused-ring (bicyclic) bond motifs is 1. The fourth-order valence-corrected chi connectivity index (χ4v) is 2.91. The van der Waals surface area contributed by atoms with Crippen LogP contribution in [-0.4, -0.2) is 29.3 Å².